The van der Waals surface area contributed by atoms with E-state index in [4.69, 9.17) is 9.47 Å². The summed E-state index contributed by atoms with van der Waals surface area (Å²) in [5, 5.41) is 0. The van der Waals surface area contributed by atoms with Crippen molar-refractivity contribution in [1.29, 1.82) is 0 Å². The second-order valence-electron chi connectivity index (χ2n) is 5.67. The minimum Gasteiger partial charge on any atom is -0.348 e. The minimum absolute atomic E-state index is 0.181. The van der Waals surface area contributed by atoms with E-state index < -0.39 is 30.2 Å². The van der Waals surface area contributed by atoms with Gasteiger partial charge in [-0.3, -0.25) is 0 Å². The van der Waals surface area contributed by atoms with E-state index in [9.17, 15) is 13.2 Å². The molecule has 1 aliphatic heterocycles. The molecule has 0 radical (unpaired) electrons. The van der Waals surface area contributed by atoms with Crippen LogP contribution in [0.15, 0.2) is 49.1 Å². The molecule has 2 nitrogen and oxygen atoms in total. The van der Waals surface area contributed by atoms with E-state index >= 15 is 0 Å². The fraction of sp³-hybridized carbons (Fsp3) is 0.263. The van der Waals surface area contributed by atoms with Crippen LogP contribution >= 0.6 is 0 Å². The molecule has 0 unspecified atom stereocenters. The summed E-state index contributed by atoms with van der Waals surface area (Å²) in [5.41, 5.74) is 1.26. The number of rotatable bonds is 4. The second kappa shape index (κ2) is 7.20. The Hall–Kier alpha value is -2.11. The van der Waals surface area contributed by atoms with Gasteiger partial charge in [0.2, 0.25) is 0 Å². The van der Waals surface area contributed by atoms with Gasteiger partial charge in [-0.2, -0.15) is 0 Å². The number of alkyl halides is 1. The molecule has 126 valence electrons. The predicted molar refractivity (Wildman–Crippen MR) is 84.9 cm³/mol. The van der Waals surface area contributed by atoms with E-state index in [2.05, 4.69) is 6.58 Å². The van der Waals surface area contributed by atoms with Gasteiger partial charge in [-0.25, -0.2) is 13.2 Å². The third-order valence-electron chi connectivity index (χ3n) is 4.05. The number of benzene rings is 2. The molecule has 2 aromatic rings. The first-order valence-corrected chi connectivity index (χ1v) is 7.62. The summed E-state index contributed by atoms with van der Waals surface area (Å²) in [7, 11) is 0. The fourth-order valence-electron chi connectivity index (χ4n) is 2.58. The quantitative estimate of drug-likeness (QED) is 0.737. The third kappa shape index (κ3) is 3.37. The van der Waals surface area contributed by atoms with Crippen LogP contribution in [-0.4, -0.2) is 13.2 Å². The summed E-state index contributed by atoms with van der Waals surface area (Å²) in [6.07, 6.45) is 1.33. The highest BCUT2D eigenvalue weighted by atomic mass is 19.1. The first kappa shape index (κ1) is 16.7. The van der Waals surface area contributed by atoms with Crippen molar-refractivity contribution in [2.75, 3.05) is 13.2 Å². The zero-order valence-electron chi connectivity index (χ0n) is 13.0. The van der Waals surface area contributed by atoms with Crippen LogP contribution in [0.2, 0.25) is 0 Å². The third-order valence-corrected chi connectivity index (χ3v) is 4.05. The molecule has 0 saturated carbocycles. The van der Waals surface area contributed by atoms with Gasteiger partial charge in [0.25, 0.3) is 0 Å². The highest BCUT2D eigenvalue weighted by Gasteiger charge is 2.21. The lowest BCUT2D eigenvalue weighted by Crippen LogP contribution is -2.25. The van der Waals surface area contributed by atoms with Crippen LogP contribution in [0.3, 0.4) is 0 Å². The summed E-state index contributed by atoms with van der Waals surface area (Å²) in [6.45, 7) is 3.62. The molecule has 0 spiro atoms. The SMILES string of the molecule is C=CC1COC(c2ccc(-c3cc(F)c(CF)c(F)c3)cc2)OC1. The van der Waals surface area contributed by atoms with Crippen LogP contribution in [-0.2, 0) is 16.1 Å². The number of hydrogen-bond acceptors (Lipinski definition) is 2. The van der Waals surface area contributed by atoms with Crippen LogP contribution < -0.4 is 0 Å². The largest absolute Gasteiger partial charge is 0.348 e. The van der Waals surface area contributed by atoms with Gasteiger partial charge in [0, 0.05) is 11.5 Å². The van der Waals surface area contributed by atoms with E-state index in [1.165, 1.54) is 0 Å². The zero-order valence-corrected chi connectivity index (χ0v) is 13.0. The summed E-state index contributed by atoms with van der Waals surface area (Å²) < 4.78 is 51.3. The fourth-order valence-corrected chi connectivity index (χ4v) is 2.58. The Morgan fingerprint density at radius 1 is 1.00 bits per heavy atom. The van der Waals surface area contributed by atoms with Crippen molar-refractivity contribution in [3.63, 3.8) is 0 Å². The molecule has 0 N–H and O–H groups in total. The lowest BCUT2D eigenvalue weighted by Gasteiger charge is -2.28. The molecule has 1 saturated heterocycles. The first-order valence-electron chi connectivity index (χ1n) is 7.62. The normalized spacial score (nSPS) is 20.8. The molecule has 0 amide bonds. The lowest BCUT2D eigenvalue weighted by atomic mass is 10.0. The molecule has 0 aliphatic carbocycles. The summed E-state index contributed by atoms with van der Waals surface area (Å²) in [4.78, 5) is 0. The van der Waals surface area contributed by atoms with Gasteiger partial charge in [-0.15, -0.1) is 6.58 Å². The summed E-state index contributed by atoms with van der Waals surface area (Å²) >= 11 is 0. The van der Waals surface area contributed by atoms with Gasteiger partial charge in [0.05, 0.1) is 18.8 Å². The molecule has 0 bridgehead atoms. The molecule has 1 aliphatic rings. The van der Waals surface area contributed by atoms with Crippen LogP contribution in [0.5, 0.6) is 0 Å². The van der Waals surface area contributed by atoms with Crippen molar-refractivity contribution >= 4 is 0 Å². The second-order valence-corrected chi connectivity index (χ2v) is 5.67. The van der Waals surface area contributed by atoms with E-state index in [1.807, 2.05) is 0 Å². The molecule has 0 atom stereocenters. The van der Waals surface area contributed by atoms with Gasteiger partial charge in [0.1, 0.15) is 18.3 Å². The van der Waals surface area contributed by atoms with Crippen LogP contribution in [0.25, 0.3) is 11.1 Å². The van der Waals surface area contributed by atoms with Crippen LogP contribution in [0, 0.1) is 17.6 Å². The molecule has 2 aromatic carbocycles. The number of halogens is 3. The maximum absolute atomic E-state index is 13.7. The number of hydrogen-bond donors (Lipinski definition) is 0. The maximum atomic E-state index is 13.7. The Labute approximate surface area is 138 Å². The minimum atomic E-state index is -1.17. The highest BCUT2D eigenvalue weighted by molar-refractivity contribution is 5.64. The topological polar surface area (TPSA) is 18.5 Å². The Balaban J connectivity index is 1.79. The highest BCUT2D eigenvalue weighted by Crippen LogP contribution is 2.29. The first-order chi connectivity index (χ1) is 11.6. The monoisotopic (exact) mass is 334 g/mol. The number of ether oxygens (including phenoxy) is 2. The average molecular weight is 334 g/mol. The molecule has 3 rings (SSSR count). The van der Waals surface area contributed by atoms with E-state index in [-0.39, 0.29) is 5.92 Å². The van der Waals surface area contributed by atoms with Crippen molar-refractivity contribution in [3.8, 4) is 11.1 Å². The van der Waals surface area contributed by atoms with E-state index in [0.717, 1.165) is 17.7 Å². The molecule has 0 aromatic heterocycles. The Kier molecular flexibility index (Phi) is 5.02. The van der Waals surface area contributed by atoms with Crippen molar-refractivity contribution in [3.05, 3.63) is 71.8 Å². The zero-order chi connectivity index (χ0) is 17.1. The van der Waals surface area contributed by atoms with Crippen molar-refractivity contribution in [2.24, 2.45) is 5.92 Å². The molecule has 1 fully saturated rings. The van der Waals surface area contributed by atoms with Gasteiger partial charge in [0.15, 0.2) is 6.29 Å². The molecule has 24 heavy (non-hydrogen) atoms. The van der Waals surface area contributed by atoms with Gasteiger partial charge < -0.3 is 9.47 Å². The predicted octanol–water partition coefficient (Wildman–Crippen LogP) is 4.95. The lowest BCUT2D eigenvalue weighted by molar-refractivity contribution is -0.197. The Morgan fingerprint density at radius 3 is 2.08 bits per heavy atom. The van der Waals surface area contributed by atoms with Gasteiger partial charge in [-0.05, 0) is 23.3 Å². The van der Waals surface area contributed by atoms with E-state index in [1.54, 1.807) is 30.3 Å². The summed E-state index contributed by atoms with van der Waals surface area (Å²) in [5.74, 6) is -1.59. The van der Waals surface area contributed by atoms with E-state index in [0.29, 0.717) is 24.3 Å². The molecule has 5 heteroatoms. The van der Waals surface area contributed by atoms with Crippen LogP contribution in [0.4, 0.5) is 13.2 Å². The smallest absolute Gasteiger partial charge is 0.183 e. The maximum Gasteiger partial charge on any atom is 0.183 e. The molecule has 1 heterocycles. The summed E-state index contributed by atoms with van der Waals surface area (Å²) in [6, 6.07) is 9.29. The average Bonchev–Trinajstić information content (AvgIpc) is 2.62. The molecular formula is C19H17F3O2. The Bertz CT molecular complexity index is 697. The van der Waals surface area contributed by atoms with Crippen molar-refractivity contribution < 1.29 is 22.6 Å². The van der Waals surface area contributed by atoms with Gasteiger partial charge >= 0.3 is 0 Å². The van der Waals surface area contributed by atoms with Crippen LogP contribution in [0.1, 0.15) is 17.4 Å². The van der Waals surface area contributed by atoms with Crippen molar-refractivity contribution in [2.45, 2.75) is 13.0 Å². The standard InChI is InChI=1S/C19H17F3O2/c1-2-12-10-23-19(24-11-12)14-5-3-13(4-6-14)15-7-17(21)16(9-20)18(22)8-15/h2-8,12,19H,1,9-11H2. The molecular weight excluding hydrogens is 317 g/mol. The van der Waals surface area contributed by atoms with Gasteiger partial charge in [-0.1, -0.05) is 30.3 Å². The van der Waals surface area contributed by atoms with Crippen molar-refractivity contribution in [1.82, 2.24) is 0 Å². The Morgan fingerprint density at radius 2 is 1.58 bits per heavy atom.